The standard InChI is InChI=1S/C26H29N/c1-17(2)18-13-14-20-22(16-18)25(3,4)21-11-9-10-19(24(21)26(20,5)6)23-12-7-8-15-27-23/h7-17H,1-6H3. The van der Waals surface area contributed by atoms with Crippen LogP contribution in [0.5, 0.6) is 0 Å². The lowest BCUT2D eigenvalue weighted by molar-refractivity contribution is 0.520. The molecule has 3 aromatic rings. The fourth-order valence-corrected chi connectivity index (χ4v) is 4.74. The van der Waals surface area contributed by atoms with E-state index in [-0.39, 0.29) is 10.8 Å². The third-order valence-electron chi connectivity index (χ3n) is 6.36. The van der Waals surface area contributed by atoms with Gasteiger partial charge in [-0.25, -0.2) is 0 Å². The lowest BCUT2D eigenvalue weighted by Gasteiger charge is -2.45. The van der Waals surface area contributed by atoms with E-state index in [4.69, 9.17) is 0 Å². The Morgan fingerprint density at radius 2 is 1.52 bits per heavy atom. The maximum Gasteiger partial charge on any atom is 0.0705 e. The maximum absolute atomic E-state index is 4.66. The first-order valence-corrected chi connectivity index (χ1v) is 9.95. The highest BCUT2D eigenvalue weighted by Crippen LogP contribution is 2.52. The van der Waals surface area contributed by atoms with Crippen molar-refractivity contribution in [3.63, 3.8) is 0 Å². The Hall–Kier alpha value is -2.41. The zero-order valence-corrected chi connectivity index (χ0v) is 17.3. The number of aromatic nitrogens is 1. The molecule has 0 amide bonds. The van der Waals surface area contributed by atoms with Gasteiger partial charge in [-0.1, -0.05) is 84.0 Å². The molecule has 0 fully saturated rings. The summed E-state index contributed by atoms with van der Waals surface area (Å²) in [6.07, 6.45) is 1.89. The summed E-state index contributed by atoms with van der Waals surface area (Å²) < 4.78 is 0. The van der Waals surface area contributed by atoms with E-state index in [1.54, 1.807) is 0 Å². The van der Waals surface area contributed by atoms with E-state index in [0.717, 1.165) is 5.69 Å². The van der Waals surface area contributed by atoms with Crippen LogP contribution in [0, 0.1) is 0 Å². The molecule has 4 rings (SSSR count). The zero-order valence-electron chi connectivity index (χ0n) is 17.3. The molecule has 1 aliphatic carbocycles. The van der Waals surface area contributed by atoms with Gasteiger partial charge in [0.25, 0.3) is 0 Å². The fraction of sp³-hybridized carbons (Fsp3) is 0.346. The molecule has 0 atom stereocenters. The minimum atomic E-state index is -0.0657. The Kier molecular flexibility index (Phi) is 4.03. The summed E-state index contributed by atoms with van der Waals surface area (Å²) in [5, 5.41) is 0. The van der Waals surface area contributed by atoms with E-state index in [9.17, 15) is 0 Å². The lowest BCUT2D eigenvalue weighted by atomic mass is 9.58. The Morgan fingerprint density at radius 3 is 2.19 bits per heavy atom. The average Bonchev–Trinajstić information content (AvgIpc) is 2.66. The molecular weight excluding hydrogens is 326 g/mol. The molecule has 27 heavy (non-hydrogen) atoms. The number of nitrogens with zero attached hydrogens (tertiary/aromatic N) is 1. The van der Waals surface area contributed by atoms with Gasteiger partial charge in [-0.05, 0) is 45.9 Å². The van der Waals surface area contributed by atoms with Crippen LogP contribution in [-0.2, 0) is 10.8 Å². The molecule has 2 aromatic carbocycles. The number of rotatable bonds is 2. The molecule has 1 heteroatoms. The molecule has 0 radical (unpaired) electrons. The van der Waals surface area contributed by atoms with Crippen molar-refractivity contribution >= 4 is 0 Å². The molecule has 0 spiro atoms. The molecule has 1 nitrogen and oxygen atoms in total. The smallest absolute Gasteiger partial charge is 0.0705 e. The summed E-state index contributed by atoms with van der Waals surface area (Å²) >= 11 is 0. The highest BCUT2D eigenvalue weighted by molar-refractivity contribution is 5.73. The topological polar surface area (TPSA) is 12.9 Å². The van der Waals surface area contributed by atoms with Crippen LogP contribution in [0.25, 0.3) is 11.3 Å². The zero-order chi connectivity index (χ0) is 19.4. The minimum absolute atomic E-state index is 0.0319. The van der Waals surface area contributed by atoms with Crippen molar-refractivity contribution in [1.82, 2.24) is 4.98 Å². The first-order valence-electron chi connectivity index (χ1n) is 9.95. The molecule has 0 N–H and O–H groups in total. The van der Waals surface area contributed by atoms with E-state index in [2.05, 4.69) is 95.1 Å². The van der Waals surface area contributed by atoms with E-state index in [1.165, 1.54) is 33.4 Å². The summed E-state index contributed by atoms with van der Waals surface area (Å²) in [6.45, 7) is 14.0. The van der Waals surface area contributed by atoms with Gasteiger partial charge in [0.2, 0.25) is 0 Å². The van der Waals surface area contributed by atoms with Crippen LogP contribution < -0.4 is 0 Å². The molecule has 1 aromatic heterocycles. The Labute approximate surface area is 163 Å². The maximum atomic E-state index is 4.66. The van der Waals surface area contributed by atoms with Gasteiger partial charge in [0.1, 0.15) is 0 Å². The van der Waals surface area contributed by atoms with Gasteiger partial charge in [0, 0.05) is 22.6 Å². The van der Waals surface area contributed by atoms with Gasteiger partial charge in [0.15, 0.2) is 0 Å². The SMILES string of the molecule is CC(C)c1ccc2c(c1)C(C)(C)c1cccc(-c3ccccn3)c1C2(C)C. The van der Waals surface area contributed by atoms with Crippen LogP contribution in [-0.4, -0.2) is 4.98 Å². The molecule has 1 heterocycles. The largest absolute Gasteiger partial charge is 0.256 e. The second-order valence-electron chi connectivity index (χ2n) is 9.15. The number of fused-ring (bicyclic) bond motifs is 2. The molecule has 0 saturated carbocycles. The van der Waals surface area contributed by atoms with E-state index in [0.29, 0.717) is 5.92 Å². The van der Waals surface area contributed by atoms with Gasteiger partial charge >= 0.3 is 0 Å². The van der Waals surface area contributed by atoms with Crippen LogP contribution in [0.3, 0.4) is 0 Å². The van der Waals surface area contributed by atoms with Gasteiger partial charge in [-0.2, -0.15) is 0 Å². The fourth-order valence-electron chi connectivity index (χ4n) is 4.74. The normalized spacial score (nSPS) is 16.7. The number of benzene rings is 2. The Morgan fingerprint density at radius 1 is 0.741 bits per heavy atom. The van der Waals surface area contributed by atoms with E-state index in [1.807, 2.05) is 12.3 Å². The summed E-state index contributed by atoms with van der Waals surface area (Å²) in [4.78, 5) is 4.66. The predicted molar refractivity (Wildman–Crippen MR) is 114 cm³/mol. The van der Waals surface area contributed by atoms with Crippen molar-refractivity contribution in [2.45, 2.75) is 58.3 Å². The van der Waals surface area contributed by atoms with Gasteiger partial charge in [-0.3, -0.25) is 4.98 Å². The Balaban J connectivity index is 2.04. The highest BCUT2D eigenvalue weighted by Gasteiger charge is 2.43. The second-order valence-corrected chi connectivity index (χ2v) is 9.15. The van der Waals surface area contributed by atoms with Gasteiger partial charge < -0.3 is 0 Å². The van der Waals surface area contributed by atoms with Crippen molar-refractivity contribution in [3.05, 3.63) is 88.6 Å². The van der Waals surface area contributed by atoms with Crippen molar-refractivity contribution in [3.8, 4) is 11.3 Å². The molecular formula is C26H29N. The van der Waals surface area contributed by atoms with E-state index >= 15 is 0 Å². The van der Waals surface area contributed by atoms with E-state index < -0.39 is 0 Å². The van der Waals surface area contributed by atoms with Crippen LogP contribution >= 0.6 is 0 Å². The van der Waals surface area contributed by atoms with Crippen molar-refractivity contribution in [2.24, 2.45) is 0 Å². The predicted octanol–water partition coefficient (Wildman–Crippen LogP) is 6.84. The number of hydrogen-bond acceptors (Lipinski definition) is 1. The molecule has 0 saturated heterocycles. The summed E-state index contributed by atoms with van der Waals surface area (Å²) in [7, 11) is 0. The Bertz CT molecular complexity index is 994. The molecule has 138 valence electrons. The average molecular weight is 356 g/mol. The van der Waals surface area contributed by atoms with Crippen LogP contribution in [0.2, 0.25) is 0 Å². The van der Waals surface area contributed by atoms with Crippen LogP contribution in [0.1, 0.15) is 75.3 Å². The third kappa shape index (κ3) is 2.64. The van der Waals surface area contributed by atoms with Crippen molar-refractivity contribution < 1.29 is 0 Å². The van der Waals surface area contributed by atoms with Gasteiger partial charge in [0.05, 0.1) is 5.69 Å². The monoisotopic (exact) mass is 355 g/mol. The van der Waals surface area contributed by atoms with Crippen molar-refractivity contribution in [2.75, 3.05) is 0 Å². The first-order chi connectivity index (χ1) is 12.7. The quantitative estimate of drug-likeness (QED) is 0.490. The van der Waals surface area contributed by atoms with Crippen molar-refractivity contribution in [1.29, 1.82) is 0 Å². The molecule has 0 bridgehead atoms. The first kappa shape index (κ1) is 18.0. The third-order valence-corrected chi connectivity index (χ3v) is 6.36. The molecule has 0 aliphatic heterocycles. The summed E-state index contributed by atoms with van der Waals surface area (Å²) in [5.74, 6) is 0.537. The number of pyridine rings is 1. The summed E-state index contributed by atoms with van der Waals surface area (Å²) in [6, 6.07) is 20.0. The summed E-state index contributed by atoms with van der Waals surface area (Å²) in [5.41, 5.74) is 9.37. The number of hydrogen-bond donors (Lipinski definition) is 0. The van der Waals surface area contributed by atoms with Crippen LogP contribution in [0.4, 0.5) is 0 Å². The second kappa shape index (κ2) is 6.05. The lowest BCUT2D eigenvalue weighted by Crippen LogP contribution is -2.37. The molecule has 1 aliphatic rings. The van der Waals surface area contributed by atoms with Gasteiger partial charge in [-0.15, -0.1) is 0 Å². The minimum Gasteiger partial charge on any atom is -0.256 e. The van der Waals surface area contributed by atoms with Crippen LogP contribution in [0.15, 0.2) is 60.8 Å². The molecule has 0 unspecified atom stereocenters. The highest BCUT2D eigenvalue weighted by atomic mass is 14.7.